The summed E-state index contributed by atoms with van der Waals surface area (Å²) in [6.07, 6.45) is 0.804. The van der Waals surface area contributed by atoms with E-state index < -0.39 is 10.0 Å². The highest BCUT2D eigenvalue weighted by atomic mass is 32.2. The standard InChI is InChI=1S/C15H26N2O2S/c1-9(2)7-11(4)17-20(18,19)15-12(5)10(3)8-14(16)13(15)6/h8-9,11,17H,7,16H2,1-6H3. The topological polar surface area (TPSA) is 72.2 Å². The summed E-state index contributed by atoms with van der Waals surface area (Å²) in [5, 5.41) is 0. The van der Waals surface area contributed by atoms with Gasteiger partial charge in [0.15, 0.2) is 0 Å². The molecule has 0 heterocycles. The van der Waals surface area contributed by atoms with Crippen LogP contribution in [0.5, 0.6) is 0 Å². The van der Waals surface area contributed by atoms with Gasteiger partial charge in [0, 0.05) is 11.7 Å². The van der Waals surface area contributed by atoms with E-state index in [-0.39, 0.29) is 6.04 Å². The normalized spacial score (nSPS) is 13.8. The van der Waals surface area contributed by atoms with E-state index in [1.54, 1.807) is 6.92 Å². The smallest absolute Gasteiger partial charge is 0.241 e. The van der Waals surface area contributed by atoms with E-state index in [9.17, 15) is 8.42 Å². The monoisotopic (exact) mass is 298 g/mol. The number of nitrogens with one attached hydrogen (secondary N) is 1. The summed E-state index contributed by atoms with van der Waals surface area (Å²) < 4.78 is 28.0. The molecule has 4 nitrogen and oxygen atoms in total. The van der Waals surface area contributed by atoms with Gasteiger partial charge < -0.3 is 5.73 Å². The molecule has 0 aromatic heterocycles. The minimum Gasteiger partial charge on any atom is -0.398 e. The van der Waals surface area contributed by atoms with Gasteiger partial charge in [-0.1, -0.05) is 13.8 Å². The van der Waals surface area contributed by atoms with Crippen LogP contribution >= 0.6 is 0 Å². The Morgan fingerprint density at radius 1 is 1.15 bits per heavy atom. The van der Waals surface area contributed by atoms with Crippen LogP contribution in [0.4, 0.5) is 5.69 Å². The lowest BCUT2D eigenvalue weighted by Gasteiger charge is -2.20. The van der Waals surface area contributed by atoms with Crippen molar-refractivity contribution in [1.82, 2.24) is 4.72 Å². The van der Waals surface area contributed by atoms with E-state index in [0.29, 0.717) is 22.1 Å². The summed E-state index contributed by atoms with van der Waals surface area (Å²) in [6, 6.07) is 1.72. The van der Waals surface area contributed by atoms with E-state index >= 15 is 0 Å². The highest BCUT2D eigenvalue weighted by Gasteiger charge is 2.24. The molecule has 0 saturated heterocycles. The summed E-state index contributed by atoms with van der Waals surface area (Å²) in [7, 11) is -3.54. The fourth-order valence-electron chi connectivity index (χ4n) is 2.52. The Balaban J connectivity index is 3.23. The molecule has 1 rings (SSSR count). The molecular weight excluding hydrogens is 272 g/mol. The number of hydrogen-bond acceptors (Lipinski definition) is 3. The van der Waals surface area contributed by atoms with Gasteiger partial charge in [0.1, 0.15) is 0 Å². The molecule has 0 radical (unpaired) electrons. The van der Waals surface area contributed by atoms with Crippen LogP contribution in [0.2, 0.25) is 0 Å². The number of sulfonamides is 1. The van der Waals surface area contributed by atoms with Gasteiger partial charge in [0.05, 0.1) is 4.90 Å². The first kappa shape index (κ1) is 17.0. The van der Waals surface area contributed by atoms with Crippen molar-refractivity contribution >= 4 is 15.7 Å². The maximum Gasteiger partial charge on any atom is 0.241 e. The maximum atomic E-state index is 12.6. The van der Waals surface area contributed by atoms with Crippen LogP contribution in [-0.2, 0) is 10.0 Å². The van der Waals surface area contributed by atoms with Crippen LogP contribution in [0, 0.1) is 26.7 Å². The third-order valence-corrected chi connectivity index (χ3v) is 5.39. The zero-order chi connectivity index (χ0) is 15.7. The Hall–Kier alpha value is -1.07. The van der Waals surface area contributed by atoms with E-state index in [4.69, 9.17) is 5.73 Å². The van der Waals surface area contributed by atoms with Crippen LogP contribution in [0.25, 0.3) is 0 Å². The Morgan fingerprint density at radius 2 is 1.70 bits per heavy atom. The van der Waals surface area contributed by atoms with Crippen molar-refractivity contribution in [1.29, 1.82) is 0 Å². The van der Waals surface area contributed by atoms with Crippen LogP contribution in [0.1, 0.15) is 43.9 Å². The molecule has 5 heteroatoms. The van der Waals surface area contributed by atoms with Crippen LogP contribution in [0.3, 0.4) is 0 Å². The van der Waals surface area contributed by atoms with Gasteiger partial charge in [0.2, 0.25) is 10.0 Å². The predicted molar refractivity (Wildman–Crippen MR) is 84.3 cm³/mol. The second-order valence-corrected chi connectivity index (χ2v) is 7.66. The zero-order valence-electron chi connectivity index (χ0n) is 13.2. The molecule has 114 valence electrons. The largest absolute Gasteiger partial charge is 0.398 e. The van der Waals surface area contributed by atoms with Gasteiger partial charge in [-0.15, -0.1) is 0 Å². The summed E-state index contributed by atoms with van der Waals surface area (Å²) in [4.78, 5) is 0.325. The number of benzene rings is 1. The molecule has 1 atom stereocenters. The van der Waals surface area contributed by atoms with E-state index in [2.05, 4.69) is 18.6 Å². The van der Waals surface area contributed by atoms with Gasteiger partial charge in [-0.2, -0.15) is 0 Å². The molecular formula is C15H26N2O2S. The molecule has 1 aromatic rings. The molecule has 0 fully saturated rings. The molecule has 0 amide bonds. The molecule has 0 aliphatic heterocycles. The first-order valence-corrected chi connectivity index (χ1v) is 8.43. The minimum absolute atomic E-state index is 0.0967. The van der Waals surface area contributed by atoms with Gasteiger partial charge in [-0.05, 0) is 62.8 Å². The third kappa shape index (κ3) is 3.73. The molecule has 0 aliphatic carbocycles. The van der Waals surface area contributed by atoms with Crippen molar-refractivity contribution in [3.63, 3.8) is 0 Å². The van der Waals surface area contributed by atoms with Crippen molar-refractivity contribution < 1.29 is 8.42 Å². The minimum atomic E-state index is -3.54. The number of nitrogen functional groups attached to an aromatic ring is 1. The van der Waals surface area contributed by atoms with Crippen molar-refractivity contribution in [3.8, 4) is 0 Å². The summed E-state index contributed by atoms with van der Waals surface area (Å²) in [6.45, 7) is 11.5. The fourth-order valence-corrected chi connectivity index (χ4v) is 4.35. The van der Waals surface area contributed by atoms with E-state index in [1.807, 2.05) is 26.8 Å². The molecule has 1 aromatic carbocycles. The average Bonchev–Trinajstić information content (AvgIpc) is 2.24. The second kappa shape index (κ2) is 6.14. The van der Waals surface area contributed by atoms with Crippen molar-refractivity contribution in [3.05, 3.63) is 22.8 Å². The SMILES string of the molecule is Cc1cc(N)c(C)c(S(=O)(=O)NC(C)CC(C)C)c1C. The molecule has 1 unspecified atom stereocenters. The van der Waals surface area contributed by atoms with Crippen molar-refractivity contribution in [2.75, 3.05) is 5.73 Å². The Morgan fingerprint density at radius 3 is 2.20 bits per heavy atom. The van der Waals surface area contributed by atoms with Crippen LogP contribution < -0.4 is 10.5 Å². The number of rotatable bonds is 5. The molecule has 0 spiro atoms. The second-order valence-electron chi connectivity index (χ2n) is 6.01. The highest BCUT2D eigenvalue weighted by Crippen LogP contribution is 2.28. The Kier molecular flexibility index (Phi) is 5.21. The first-order chi connectivity index (χ1) is 9.06. The molecule has 0 aliphatic rings. The molecule has 0 bridgehead atoms. The lowest BCUT2D eigenvalue weighted by atomic mass is 10.1. The molecule has 3 N–H and O–H groups in total. The maximum absolute atomic E-state index is 12.6. The Labute approximate surface area is 122 Å². The molecule has 20 heavy (non-hydrogen) atoms. The van der Waals surface area contributed by atoms with Crippen molar-refractivity contribution in [2.45, 2.75) is 58.9 Å². The van der Waals surface area contributed by atoms with Gasteiger partial charge >= 0.3 is 0 Å². The lowest BCUT2D eigenvalue weighted by Crippen LogP contribution is -2.34. The summed E-state index contributed by atoms with van der Waals surface area (Å²) >= 11 is 0. The number of aryl methyl sites for hydroxylation is 1. The molecule has 0 saturated carbocycles. The fraction of sp³-hybridized carbons (Fsp3) is 0.600. The number of nitrogens with two attached hydrogens (primary N) is 1. The lowest BCUT2D eigenvalue weighted by molar-refractivity contribution is 0.482. The quantitative estimate of drug-likeness (QED) is 0.821. The van der Waals surface area contributed by atoms with E-state index in [1.165, 1.54) is 0 Å². The summed E-state index contributed by atoms with van der Waals surface area (Å²) in [5.41, 5.74) is 8.71. The first-order valence-electron chi connectivity index (χ1n) is 6.94. The van der Waals surface area contributed by atoms with Crippen molar-refractivity contribution in [2.24, 2.45) is 5.92 Å². The van der Waals surface area contributed by atoms with Gasteiger partial charge in [0.25, 0.3) is 0 Å². The van der Waals surface area contributed by atoms with Crippen LogP contribution in [-0.4, -0.2) is 14.5 Å². The number of anilines is 1. The highest BCUT2D eigenvalue weighted by molar-refractivity contribution is 7.89. The Bertz CT molecular complexity index is 566. The third-order valence-electron chi connectivity index (χ3n) is 3.53. The predicted octanol–water partition coefficient (Wildman–Crippen LogP) is 2.91. The van der Waals surface area contributed by atoms with Gasteiger partial charge in [-0.3, -0.25) is 0 Å². The van der Waals surface area contributed by atoms with Gasteiger partial charge in [-0.25, -0.2) is 13.1 Å². The number of hydrogen-bond donors (Lipinski definition) is 2. The summed E-state index contributed by atoms with van der Waals surface area (Å²) in [5.74, 6) is 0.442. The zero-order valence-corrected chi connectivity index (χ0v) is 14.1. The van der Waals surface area contributed by atoms with Crippen LogP contribution in [0.15, 0.2) is 11.0 Å². The van der Waals surface area contributed by atoms with E-state index in [0.717, 1.165) is 17.5 Å². The average molecular weight is 298 g/mol.